The highest BCUT2D eigenvalue weighted by molar-refractivity contribution is 5.97. The van der Waals surface area contributed by atoms with Crippen LogP contribution >= 0.6 is 0 Å². The summed E-state index contributed by atoms with van der Waals surface area (Å²) in [5, 5.41) is 13.1. The molecule has 2 rings (SSSR count). The molecule has 23 heavy (non-hydrogen) atoms. The maximum atomic E-state index is 13.5. The number of benzene rings is 1. The molecule has 1 unspecified atom stereocenters. The molecule has 120 valence electrons. The van der Waals surface area contributed by atoms with E-state index in [9.17, 15) is 9.18 Å². The van der Waals surface area contributed by atoms with Crippen molar-refractivity contribution in [3.05, 3.63) is 54.1 Å². The van der Waals surface area contributed by atoms with Crippen molar-refractivity contribution in [2.75, 3.05) is 11.1 Å². The van der Waals surface area contributed by atoms with E-state index in [0.29, 0.717) is 17.8 Å². The summed E-state index contributed by atoms with van der Waals surface area (Å²) in [7, 11) is 0. The number of nitrogen functional groups attached to an aromatic ring is 1. The fourth-order valence-electron chi connectivity index (χ4n) is 1.99. The zero-order chi connectivity index (χ0) is 16.8. The minimum Gasteiger partial charge on any atom is -0.397 e. The van der Waals surface area contributed by atoms with Crippen LogP contribution in [0.1, 0.15) is 19.0 Å². The molecule has 5 N–H and O–H groups in total. The Morgan fingerprint density at radius 3 is 2.74 bits per heavy atom. The molecule has 0 radical (unpaired) electrons. The molecule has 0 aliphatic heterocycles. The summed E-state index contributed by atoms with van der Waals surface area (Å²) in [6, 6.07) is 8.40. The number of hydrogen-bond acceptors (Lipinski definition) is 4. The summed E-state index contributed by atoms with van der Waals surface area (Å²) in [4.78, 5) is 15.9. The Kier molecular flexibility index (Phi) is 5.24. The average Bonchev–Trinajstić information content (AvgIpc) is 2.50. The lowest BCUT2D eigenvalue weighted by Gasteiger charge is -2.15. The Morgan fingerprint density at radius 1 is 1.35 bits per heavy atom. The minimum absolute atomic E-state index is 0.104. The Morgan fingerprint density at radius 2 is 2.09 bits per heavy atom. The predicted molar refractivity (Wildman–Crippen MR) is 88.1 cm³/mol. The number of pyridine rings is 1. The van der Waals surface area contributed by atoms with Gasteiger partial charge in [-0.2, -0.15) is 0 Å². The number of aromatic nitrogens is 1. The van der Waals surface area contributed by atoms with E-state index >= 15 is 0 Å². The lowest BCUT2D eigenvalue weighted by Crippen LogP contribution is -2.37. The number of para-hydroxylation sites is 1. The highest BCUT2D eigenvalue weighted by Gasteiger charge is 2.13. The molecule has 1 heterocycles. The van der Waals surface area contributed by atoms with Gasteiger partial charge in [0.1, 0.15) is 5.82 Å². The van der Waals surface area contributed by atoms with Crippen LogP contribution in [-0.2, 0) is 0 Å². The van der Waals surface area contributed by atoms with E-state index in [1.165, 1.54) is 18.3 Å². The van der Waals surface area contributed by atoms with E-state index < -0.39 is 11.8 Å². The zero-order valence-electron chi connectivity index (χ0n) is 12.6. The van der Waals surface area contributed by atoms with Gasteiger partial charge in [0.15, 0.2) is 0 Å². The molecule has 6 nitrogen and oxygen atoms in total. The molecule has 0 saturated heterocycles. The second-order valence-electron chi connectivity index (χ2n) is 5.14. The second kappa shape index (κ2) is 7.35. The molecular weight excluding hydrogens is 297 g/mol. The number of carbonyl (C=O) groups is 1. The van der Waals surface area contributed by atoms with Crippen LogP contribution in [0.2, 0.25) is 0 Å². The van der Waals surface area contributed by atoms with Crippen LogP contribution in [0.5, 0.6) is 0 Å². The molecule has 7 heteroatoms. The Labute approximate surface area is 133 Å². The van der Waals surface area contributed by atoms with Crippen molar-refractivity contribution in [2.24, 2.45) is 0 Å². The standard InChI is InChI=1S/C16H18FN5O/c1-10(8-13(19)15-7-6-11(18)9-20-15)21-16(23)22-14-5-3-2-4-12(14)17/h2-7,9-10,19H,8,18H2,1H3,(H2,21,22,23). The number of halogens is 1. The van der Waals surface area contributed by atoms with Crippen molar-refractivity contribution in [2.45, 2.75) is 19.4 Å². The topological polar surface area (TPSA) is 104 Å². The zero-order valence-corrected chi connectivity index (χ0v) is 12.6. The Bertz CT molecular complexity index is 702. The molecular formula is C16H18FN5O. The SMILES string of the molecule is CC(CC(=N)c1ccc(N)cn1)NC(=O)Nc1ccccc1F. The maximum absolute atomic E-state index is 13.5. The molecule has 2 aromatic rings. The number of hydrogen-bond donors (Lipinski definition) is 4. The molecule has 0 aliphatic rings. The number of urea groups is 1. The van der Waals surface area contributed by atoms with E-state index in [0.717, 1.165) is 0 Å². The number of nitrogens with two attached hydrogens (primary N) is 1. The molecule has 0 fully saturated rings. The van der Waals surface area contributed by atoms with Crippen LogP contribution in [0.3, 0.4) is 0 Å². The van der Waals surface area contributed by atoms with Gasteiger partial charge in [0, 0.05) is 12.5 Å². The van der Waals surface area contributed by atoms with E-state index in [4.69, 9.17) is 11.1 Å². The summed E-state index contributed by atoms with van der Waals surface area (Å²) >= 11 is 0. The number of anilines is 2. The lowest BCUT2D eigenvalue weighted by molar-refractivity contribution is 0.249. The van der Waals surface area contributed by atoms with Crippen LogP contribution < -0.4 is 16.4 Å². The van der Waals surface area contributed by atoms with Gasteiger partial charge < -0.3 is 21.8 Å². The second-order valence-corrected chi connectivity index (χ2v) is 5.14. The molecule has 1 atom stereocenters. The van der Waals surface area contributed by atoms with Crippen molar-refractivity contribution >= 4 is 23.1 Å². The van der Waals surface area contributed by atoms with E-state index in [1.807, 2.05) is 0 Å². The van der Waals surface area contributed by atoms with Crippen LogP contribution in [0.4, 0.5) is 20.6 Å². The van der Waals surface area contributed by atoms with Gasteiger partial charge in [0.05, 0.1) is 29.0 Å². The minimum atomic E-state index is -0.527. The summed E-state index contributed by atoms with van der Waals surface area (Å²) in [6.07, 6.45) is 1.77. The summed E-state index contributed by atoms with van der Waals surface area (Å²) < 4.78 is 13.5. The quantitative estimate of drug-likeness (QED) is 0.638. The fourth-order valence-corrected chi connectivity index (χ4v) is 1.99. The average molecular weight is 315 g/mol. The van der Waals surface area contributed by atoms with Gasteiger partial charge in [0.2, 0.25) is 0 Å². The number of nitrogens with zero attached hydrogens (tertiary/aromatic N) is 1. The van der Waals surface area contributed by atoms with Gasteiger partial charge in [-0.05, 0) is 31.2 Å². The normalized spacial score (nSPS) is 11.6. The van der Waals surface area contributed by atoms with Gasteiger partial charge >= 0.3 is 6.03 Å². The van der Waals surface area contributed by atoms with Crippen molar-refractivity contribution in [3.63, 3.8) is 0 Å². The first kappa shape index (κ1) is 16.4. The van der Waals surface area contributed by atoms with Gasteiger partial charge in [-0.3, -0.25) is 4.98 Å². The summed E-state index contributed by atoms with van der Waals surface area (Å²) in [5.41, 5.74) is 6.96. The molecule has 0 aliphatic carbocycles. The molecule has 1 aromatic heterocycles. The molecule has 0 spiro atoms. The Balaban J connectivity index is 1.87. The van der Waals surface area contributed by atoms with Gasteiger partial charge in [-0.1, -0.05) is 12.1 Å². The third-order valence-electron chi connectivity index (χ3n) is 3.11. The van der Waals surface area contributed by atoms with Crippen LogP contribution in [0.25, 0.3) is 0 Å². The molecule has 2 amide bonds. The molecule has 0 saturated carbocycles. The lowest BCUT2D eigenvalue weighted by atomic mass is 10.1. The number of carbonyl (C=O) groups excluding carboxylic acids is 1. The molecule has 1 aromatic carbocycles. The summed E-state index contributed by atoms with van der Waals surface area (Å²) in [6.45, 7) is 1.76. The van der Waals surface area contributed by atoms with Crippen molar-refractivity contribution in [1.29, 1.82) is 5.41 Å². The first-order valence-corrected chi connectivity index (χ1v) is 7.07. The van der Waals surface area contributed by atoms with Gasteiger partial charge in [-0.25, -0.2) is 9.18 Å². The predicted octanol–water partition coefficient (Wildman–Crippen LogP) is 2.77. The van der Waals surface area contributed by atoms with Crippen LogP contribution in [-0.4, -0.2) is 22.8 Å². The highest BCUT2D eigenvalue weighted by Crippen LogP contribution is 2.12. The highest BCUT2D eigenvalue weighted by atomic mass is 19.1. The van der Waals surface area contributed by atoms with Crippen LogP contribution in [0, 0.1) is 11.2 Å². The smallest absolute Gasteiger partial charge is 0.319 e. The van der Waals surface area contributed by atoms with Crippen molar-refractivity contribution in [1.82, 2.24) is 10.3 Å². The number of amides is 2. The van der Waals surface area contributed by atoms with E-state index in [2.05, 4.69) is 15.6 Å². The first-order valence-electron chi connectivity index (χ1n) is 7.07. The van der Waals surface area contributed by atoms with Crippen molar-refractivity contribution in [3.8, 4) is 0 Å². The third kappa shape index (κ3) is 4.77. The van der Waals surface area contributed by atoms with Gasteiger partial charge in [0.25, 0.3) is 0 Å². The Hall–Kier alpha value is -2.96. The maximum Gasteiger partial charge on any atom is 0.319 e. The monoisotopic (exact) mass is 315 g/mol. The third-order valence-corrected chi connectivity index (χ3v) is 3.11. The number of rotatable bonds is 5. The molecule has 0 bridgehead atoms. The largest absolute Gasteiger partial charge is 0.397 e. The van der Waals surface area contributed by atoms with Crippen molar-refractivity contribution < 1.29 is 9.18 Å². The van der Waals surface area contributed by atoms with E-state index in [1.54, 1.807) is 31.2 Å². The number of nitrogens with one attached hydrogen (secondary N) is 3. The first-order chi connectivity index (χ1) is 11.0. The summed E-state index contributed by atoms with van der Waals surface area (Å²) in [5.74, 6) is -0.505. The fraction of sp³-hybridized carbons (Fsp3) is 0.188. The van der Waals surface area contributed by atoms with Gasteiger partial charge in [-0.15, -0.1) is 0 Å². The van der Waals surface area contributed by atoms with Crippen LogP contribution in [0.15, 0.2) is 42.6 Å². The van der Waals surface area contributed by atoms with E-state index in [-0.39, 0.29) is 17.4 Å².